The fourth-order valence-electron chi connectivity index (χ4n) is 5.00. The second kappa shape index (κ2) is 9.29. The SMILES string of the molecule is O=C(Nc1ccc(C[C@@H]2CC[C@@H]([C@H](O)c3ccccc3)N2)cc1)[C@@H]1CCc2nccc(=O)n21. The lowest BCUT2D eigenvalue weighted by atomic mass is 10.0. The normalized spacial score (nSPS) is 22.6. The number of aromatic nitrogens is 2. The Morgan fingerprint density at radius 3 is 2.67 bits per heavy atom. The summed E-state index contributed by atoms with van der Waals surface area (Å²) in [6.07, 6.45) is 5.02. The first-order valence-corrected chi connectivity index (χ1v) is 11.5. The molecule has 0 saturated carbocycles. The molecule has 1 fully saturated rings. The Morgan fingerprint density at radius 2 is 1.88 bits per heavy atom. The van der Waals surface area contributed by atoms with Crippen molar-refractivity contribution in [3.8, 4) is 0 Å². The van der Waals surface area contributed by atoms with Crippen molar-refractivity contribution in [3.05, 3.63) is 94.2 Å². The number of aliphatic hydroxyl groups excluding tert-OH is 1. The van der Waals surface area contributed by atoms with E-state index < -0.39 is 12.1 Å². The van der Waals surface area contributed by atoms with E-state index >= 15 is 0 Å². The molecule has 170 valence electrons. The number of anilines is 1. The molecule has 3 heterocycles. The number of amides is 1. The van der Waals surface area contributed by atoms with E-state index in [9.17, 15) is 14.7 Å². The molecule has 3 N–H and O–H groups in total. The molecule has 0 aliphatic carbocycles. The third kappa shape index (κ3) is 4.60. The average molecular weight is 445 g/mol. The van der Waals surface area contributed by atoms with Crippen LogP contribution in [0.4, 0.5) is 5.69 Å². The molecule has 0 spiro atoms. The van der Waals surface area contributed by atoms with E-state index in [-0.39, 0.29) is 17.5 Å². The summed E-state index contributed by atoms with van der Waals surface area (Å²) in [4.78, 5) is 29.1. The summed E-state index contributed by atoms with van der Waals surface area (Å²) in [5.74, 6) is 0.476. The number of nitrogens with one attached hydrogen (secondary N) is 2. The van der Waals surface area contributed by atoms with Crippen LogP contribution in [0.25, 0.3) is 0 Å². The van der Waals surface area contributed by atoms with Crippen molar-refractivity contribution in [1.82, 2.24) is 14.9 Å². The summed E-state index contributed by atoms with van der Waals surface area (Å²) in [7, 11) is 0. The second-order valence-electron chi connectivity index (χ2n) is 8.92. The van der Waals surface area contributed by atoms with Gasteiger partial charge in [-0.05, 0) is 48.9 Å². The van der Waals surface area contributed by atoms with E-state index in [1.165, 1.54) is 22.4 Å². The molecule has 1 saturated heterocycles. The van der Waals surface area contributed by atoms with Crippen LogP contribution in [0, 0.1) is 0 Å². The van der Waals surface area contributed by atoms with Crippen molar-refractivity contribution in [2.45, 2.75) is 56.3 Å². The van der Waals surface area contributed by atoms with E-state index in [0.29, 0.717) is 30.4 Å². The third-order valence-corrected chi connectivity index (χ3v) is 6.71. The van der Waals surface area contributed by atoms with Crippen LogP contribution in [0.15, 0.2) is 71.7 Å². The lowest BCUT2D eigenvalue weighted by molar-refractivity contribution is -0.119. The van der Waals surface area contributed by atoms with E-state index in [4.69, 9.17) is 0 Å². The van der Waals surface area contributed by atoms with E-state index in [1.54, 1.807) is 0 Å². The molecule has 5 rings (SSSR count). The zero-order valence-electron chi connectivity index (χ0n) is 18.4. The van der Waals surface area contributed by atoms with Gasteiger partial charge in [0, 0.05) is 36.5 Å². The zero-order chi connectivity index (χ0) is 22.8. The van der Waals surface area contributed by atoms with E-state index in [2.05, 4.69) is 15.6 Å². The average Bonchev–Trinajstić information content (AvgIpc) is 3.49. The molecular weight excluding hydrogens is 416 g/mol. The number of aryl methyl sites for hydroxylation is 1. The Kier molecular flexibility index (Phi) is 6.07. The van der Waals surface area contributed by atoms with Gasteiger partial charge in [-0.1, -0.05) is 42.5 Å². The molecule has 2 aliphatic rings. The maximum atomic E-state index is 12.8. The van der Waals surface area contributed by atoms with Gasteiger partial charge < -0.3 is 15.7 Å². The molecule has 2 aliphatic heterocycles. The van der Waals surface area contributed by atoms with E-state index in [0.717, 1.165) is 24.8 Å². The van der Waals surface area contributed by atoms with Crippen molar-refractivity contribution in [2.75, 3.05) is 5.32 Å². The topological polar surface area (TPSA) is 96.2 Å². The number of rotatable bonds is 6. The Labute approximate surface area is 192 Å². The molecule has 4 atom stereocenters. The Bertz CT molecular complexity index is 1180. The summed E-state index contributed by atoms with van der Waals surface area (Å²) >= 11 is 0. The first-order chi connectivity index (χ1) is 16.1. The lowest BCUT2D eigenvalue weighted by Crippen LogP contribution is -2.35. The summed E-state index contributed by atoms with van der Waals surface area (Å²) in [5, 5.41) is 17.2. The van der Waals surface area contributed by atoms with Crippen LogP contribution in [0.3, 0.4) is 0 Å². The highest BCUT2D eigenvalue weighted by atomic mass is 16.3. The van der Waals surface area contributed by atoms with Crippen LogP contribution < -0.4 is 16.2 Å². The van der Waals surface area contributed by atoms with Crippen molar-refractivity contribution in [1.29, 1.82) is 0 Å². The van der Waals surface area contributed by atoms with Gasteiger partial charge in [0.1, 0.15) is 11.9 Å². The Hall–Kier alpha value is -3.29. The molecule has 7 heteroatoms. The van der Waals surface area contributed by atoms with E-state index in [1.807, 2.05) is 54.6 Å². The fourth-order valence-corrected chi connectivity index (χ4v) is 5.00. The monoisotopic (exact) mass is 444 g/mol. The predicted molar refractivity (Wildman–Crippen MR) is 126 cm³/mol. The maximum Gasteiger partial charge on any atom is 0.254 e. The minimum absolute atomic E-state index is 0.0585. The van der Waals surface area contributed by atoms with Crippen molar-refractivity contribution in [3.63, 3.8) is 0 Å². The molecule has 3 aromatic rings. The van der Waals surface area contributed by atoms with Crippen molar-refractivity contribution in [2.24, 2.45) is 0 Å². The summed E-state index contributed by atoms with van der Waals surface area (Å²) < 4.78 is 1.50. The first-order valence-electron chi connectivity index (χ1n) is 11.5. The minimum Gasteiger partial charge on any atom is -0.387 e. The summed E-state index contributed by atoms with van der Waals surface area (Å²) in [6.45, 7) is 0. The fraction of sp³-hybridized carbons (Fsp3) is 0.346. The molecular formula is C26H28N4O3. The van der Waals surface area contributed by atoms with Crippen molar-refractivity contribution >= 4 is 11.6 Å². The van der Waals surface area contributed by atoms with Gasteiger partial charge in [-0.3, -0.25) is 14.2 Å². The molecule has 33 heavy (non-hydrogen) atoms. The van der Waals surface area contributed by atoms with Crippen LogP contribution >= 0.6 is 0 Å². The smallest absolute Gasteiger partial charge is 0.254 e. The van der Waals surface area contributed by atoms with Gasteiger partial charge in [0.2, 0.25) is 5.91 Å². The number of benzene rings is 2. The first kappa shape index (κ1) is 21.6. The molecule has 7 nitrogen and oxygen atoms in total. The molecule has 0 radical (unpaired) electrons. The molecule has 1 amide bonds. The number of carbonyl (C=O) groups excluding carboxylic acids is 1. The second-order valence-corrected chi connectivity index (χ2v) is 8.92. The highest BCUT2D eigenvalue weighted by molar-refractivity contribution is 5.94. The summed E-state index contributed by atoms with van der Waals surface area (Å²) in [5.41, 5.74) is 2.64. The summed E-state index contributed by atoms with van der Waals surface area (Å²) in [6, 6.07) is 18.9. The lowest BCUT2D eigenvalue weighted by Gasteiger charge is -2.20. The standard InChI is InChI=1S/C26H28N4O3/c31-24-14-15-27-23-13-12-22(30(23)24)26(33)29-19-8-6-17(7-9-19)16-20-10-11-21(28-20)25(32)18-4-2-1-3-5-18/h1-9,14-15,20-22,25,28,32H,10-13,16H2,(H,29,33)/t20-,21-,22-,25+/m0/s1. The van der Waals surface area contributed by atoms with Crippen LogP contribution in [0.1, 0.15) is 48.4 Å². The number of nitrogens with zero attached hydrogens (tertiary/aromatic N) is 2. The zero-order valence-corrected chi connectivity index (χ0v) is 18.4. The van der Waals surface area contributed by atoms with Gasteiger partial charge in [-0.2, -0.15) is 0 Å². The van der Waals surface area contributed by atoms with Crippen LogP contribution in [-0.4, -0.2) is 32.6 Å². The van der Waals surface area contributed by atoms with Gasteiger partial charge in [-0.25, -0.2) is 4.98 Å². The molecule has 2 aromatic carbocycles. The number of aliphatic hydroxyl groups is 1. The van der Waals surface area contributed by atoms with Gasteiger partial charge in [0.15, 0.2) is 0 Å². The maximum absolute atomic E-state index is 12.8. The highest BCUT2D eigenvalue weighted by Crippen LogP contribution is 2.27. The van der Waals surface area contributed by atoms with Gasteiger partial charge in [-0.15, -0.1) is 0 Å². The molecule has 0 unspecified atom stereocenters. The van der Waals surface area contributed by atoms with Gasteiger partial charge >= 0.3 is 0 Å². The van der Waals surface area contributed by atoms with Crippen molar-refractivity contribution < 1.29 is 9.90 Å². The predicted octanol–water partition coefficient (Wildman–Crippen LogP) is 2.77. The van der Waals surface area contributed by atoms with Crippen LogP contribution in [0.5, 0.6) is 0 Å². The quantitative estimate of drug-likeness (QED) is 0.543. The van der Waals surface area contributed by atoms with Gasteiger partial charge in [0.25, 0.3) is 5.56 Å². The number of hydrogen-bond donors (Lipinski definition) is 3. The minimum atomic E-state index is -0.517. The largest absolute Gasteiger partial charge is 0.387 e. The van der Waals surface area contributed by atoms with Crippen LogP contribution in [0.2, 0.25) is 0 Å². The number of fused-ring (bicyclic) bond motifs is 1. The Balaban J connectivity index is 1.17. The number of hydrogen-bond acceptors (Lipinski definition) is 5. The van der Waals surface area contributed by atoms with Crippen LogP contribution in [-0.2, 0) is 17.6 Å². The third-order valence-electron chi connectivity index (χ3n) is 6.71. The van der Waals surface area contributed by atoms with Gasteiger partial charge in [0.05, 0.1) is 6.10 Å². The highest BCUT2D eigenvalue weighted by Gasteiger charge is 2.31. The molecule has 0 bridgehead atoms. The number of carbonyl (C=O) groups is 1. The Morgan fingerprint density at radius 1 is 1.09 bits per heavy atom. The molecule has 1 aromatic heterocycles.